The van der Waals surface area contributed by atoms with Crippen LogP contribution in [0.4, 0.5) is 0 Å². The van der Waals surface area contributed by atoms with Gasteiger partial charge in [-0.2, -0.15) is 0 Å². The van der Waals surface area contributed by atoms with Gasteiger partial charge < -0.3 is 16.0 Å². The maximum Gasteiger partial charge on any atom is 0.237 e. The van der Waals surface area contributed by atoms with Crippen LogP contribution in [0.2, 0.25) is 0 Å². The van der Waals surface area contributed by atoms with E-state index in [0.717, 1.165) is 51.1 Å². The van der Waals surface area contributed by atoms with Gasteiger partial charge in [-0.1, -0.05) is 37.6 Å². The highest BCUT2D eigenvalue weighted by Crippen LogP contribution is 2.10. The molecule has 0 aromatic heterocycles. The zero-order valence-corrected chi connectivity index (χ0v) is 15.6. The van der Waals surface area contributed by atoms with Gasteiger partial charge in [0, 0.05) is 39.3 Å². The highest BCUT2D eigenvalue weighted by molar-refractivity contribution is 5.85. The van der Waals surface area contributed by atoms with E-state index in [4.69, 9.17) is 5.73 Å². The number of likely N-dealkylation sites (N-methyl/N-ethyl adjacent to an activating group) is 1. The fraction of sp³-hybridized carbons (Fsp3) is 0.611. The van der Waals surface area contributed by atoms with Crippen molar-refractivity contribution in [3.05, 3.63) is 35.4 Å². The first-order valence-corrected chi connectivity index (χ1v) is 8.60. The Balaban J connectivity index is 0.00000288. The Morgan fingerprint density at radius 3 is 2.33 bits per heavy atom. The summed E-state index contributed by atoms with van der Waals surface area (Å²) < 4.78 is 0. The molecule has 1 aliphatic heterocycles. The number of carbonyl (C=O) groups is 1. The van der Waals surface area contributed by atoms with Gasteiger partial charge in [-0.3, -0.25) is 9.69 Å². The predicted molar refractivity (Wildman–Crippen MR) is 101 cm³/mol. The number of nitrogens with two attached hydrogens (primary N) is 1. The molecule has 1 fully saturated rings. The van der Waals surface area contributed by atoms with Crippen LogP contribution in [0.1, 0.15) is 30.9 Å². The molecule has 0 aliphatic carbocycles. The monoisotopic (exact) mass is 354 g/mol. The van der Waals surface area contributed by atoms with Crippen LogP contribution in [0, 0.1) is 0 Å². The fourth-order valence-electron chi connectivity index (χ4n) is 2.79. The lowest BCUT2D eigenvalue weighted by Gasteiger charge is -2.32. The average molecular weight is 355 g/mol. The van der Waals surface area contributed by atoms with Crippen molar-refractivity contribution in [2.24, 2.45) is 5.73 Å². The van der Waals surface area contributed by atoms with Gasteiger partial charge >= 0.3 is 0 Å². The first kappa shape index (κ1) is 20.9. The van der Waals surface area contributed by atoms with Gasteiger partial charge in [0.2, 0.25) is 5.91 Å². The van der Waals surface area contributed by atoms with Crippen molar-refractivity contribution >= 4 is 18.3 Å². The third-order valence-electron chi connectivity index (χ3n) is 4.43. The Hall–Kier alpha value is -1.14. The molecule has 3 N–H and O–H groups in total. The smallest absolute Gasteiger partial charge is 0.237 e. The second-order valence-corrected chi connectivity index (χ2v) is 6.51. The lowest BCUT2D eigenvalue weighted by atomic mass is 10.1. The zero-order valence-electron chi connectivity index (χ0n) is 14.8. The highest BCUT2D eigenvalue weighted by atomic mass is 35.5. The van der Waals surface area contributed by atoms with Crippen LogP contribution in [-0.4, -0.2) is 55.0 Å². The van der Waals surface area contributed by atoms with Gasteiger partial charge in [-0.05, 0) is 24.6 Å². The SMILES string of the molecule is CCCC(N)C(=O)NCc1ccc(CN2CCN(C)CC2)cc1.Cl. The average Bonchev–Trinajstić information content (AvgIpc) is 2.56. The second-order valence-electron chi connectivity index (χ2n) is 6.51. The van der Waals surface area contributed by atoms with E-state index >= 15 is 0 Å². The number of hydrogen-bond donors (Lipinski definition) is 2. The number of nitrogens with one attached hydrogen (secondary N) is 1. The number of rotatable bonds is 7. The van der Waals surface area contributed by atoms with E-state index in [1.54, 1.807) is 0 Å². The Morgan fingerprint density at radius 2 is 1.75 bits per heavy atom. The van der Waals surface area contributed by atoms with Gasteiger partial charge in [0.1, 0.15) is 0 Å². The molecule has 1 amide bonds. The van der Waals surface area contributed by atoms with Gasteiger partial charge in [-0.15, -0.1) is 12.4 Å². The van der Waals surface area contributed by atoms with Gasteiger partial charge in [0.05, 0.1) is 6.04 Å². The van der Waals surface area contributed by atoms with Crippen LogP contribution in [-0.2, 0) is 17.9 Å². The van der Waals surface area contributed by atoms with Crippen molar-refractivity contribution in [1.29, 1.82) is 0 Å². The molecule has 5 nitrogen and oxygen atoms in total. The van der Waals surface area contributed by atoms with E-state index in [2.05, 4.69) is 46.4 Å². The molecule has 1 heterocycles. The lowest BCUT2D eigenvalue weighted by molar-refractivity contribution is -0.122. The molecule has 1 aromatic carbocycles. The highest BCUT2D eigenvalue weighted by Gasteiger charge is 2.14. The molecule has 0 saturated carbocycles. The second kappa shape index (κ2) is 10.7. The summed E-state index contributed by atoms with van der Waals surface area (Å²) in [6, 6.07) is 8.11. The van der Waals surface area contributed by atoms with E-state index in [1.807, 2.05) is 6.92 Å². The summed E-state index contributed by atoms with van der Waals surface area (Å²) in [5.41, 5.74) is 8.25. The van der Waals surface area contributed by atoms with E-state index in [-0.39, 0.29) is 18.3 Å². The number of hydrogen-bond acceptors (Lipinski definition) is 4. The van der Waals surface area contributed by atoms with Gasteiger partial charge in [0.15, 0.2) is 0 Å². The molecular weight excluding hydrogens is 324 g/mol. The normalized spacial score (nSPS) is 17.1. The van der Waals surface area contributed by atoms with E-state index in [1.165, 1.54) is 5.56 Å². The van der Waals surface area contributed by atoms with Crippen molar-refractivity contribution in [3.63, 3.8) is 0 Å². The van der Waals surface area contributed by atoms with Crippen LogP contribution < -0.4 is 11.1 Å². The van der Waals surface area contributed by atoms with E-state index in [0.29, 0.717) is 6.54 Å². The molecule has 1 aromatic rings. The van der Waals surface area contributed by atoms with Crippen molar-refractivity contribution in [2.75, 3.05) is 33.2 Å². The third-order valence-corrected chi connectivity index (χ3v) is 4.43. The molecule has 1 unspecified atom stereocenters. The zero-order chi connectivity index (χ0) is 16.7. The molecular formula is C18H31ClN4O. The number of carbonyl (C=O) groups excluding carboxylic acids is 1. The number of halogens is 1. The summed E-state index contributed by atoms with van der Waals surface area (Å²) in [4.78, 5) is 16.7. The first-order chi connectivity index (χ1) is 11.1. The molecule has 1 atom stereocenters. The van der Waals surface area contributed by atoms with Crippen LogP contribution in [0.5, 0.6) is 0 Å². The van der Waals surface area contributed by atoms with Crippen LogP contribution >= 0.6 is 12.4 Å². The van der Waals surface area contributed by atoms with Crippen LogP contribution in [0.15, 0.2) is 24.3 Å². The quantitative estimate of drug-likeness (QED) is 0.780. The summed E-state index contributed by atoms with van der Waals surface area (Å²) in [5, 5.41) is 2.91. The van der Waals surface area contributed by atoms with Gasteiger partial charge in [-0.25, -0.2) is 0 Å². The largest absolute Gasteiger partial charge is 0.351 e. The minimum atomic E-state index is -0.392. The molecule has 0 radical (unpaired) electrons. The molecule has 2 rings (SSSR count). The molecule has 0 spiro atoms. The molecule has 6 heteroatoms. The lowest BCUT2D eigenvalue weighted by Crippen LogP contribution is -2.43. The maximum atomic E-state index is 11.8. The maximum absolute atomic E-state index is 11.8. The minimum absolute atomic E-state index is 0. The van der Waals surface area contributed by atoms with Crippen molar-refractivity contribution < 1.29 is 4.79 Å². The summed E-state index contributed by atoms with van der Waals surface area (Å²) in [6.07, 6.45) is 1.66. The van der Waals surface area contributed by atoms with E-state index in [9.17, 15) is 4.79 Å². The molecule has 136 valence electrons. The summed E-state index contributed by atoms with van der Waals surface area (Å²) in [5.74, 6) is -0.0617. The Morgan fingerprint density at radius 1 is 1.17 bits per heavy atom. The Kier molecular flexibility index (Phi) is 9.29. The van der Waals surface area contributed by atoms with Crippen molar-refractivity contribution in [3.8, 4) is 0 Å². The summed E-state index contributed by atoms with van der Waals surface area (Å²) >= 11 is 0. The van der Waals surface area contributed by atoms with Crippen LogP contribution in [0.25, 0.3) is 0 Å². The number of benzene rings is 1. The summed E-state index contributed by atoms with van der Waals surface area (Å²) in [6.45, 7) is 8.12. The molecule has 1 saturated heterocycles. The predicted octanol–water partition coefficient (Wildman–Crippen LogP) is 1.60. The summed E-state index contributed by atoms with van der Waals surface area (Å²) in [7, 11) is 2.17. The minimum Gasteiger partial charge on any atom is -0.351 e. The van der Waals surface area contributed by atoms with E-state index < -0.39 is 6.04 Å². The van der Waals surface area contributed by atoms with Gasteiger partial charge in [0.25, 0.3) is 0 Å². The number of piperazine rings is 1. The molecule has 1 aliphatic rings. The van der Waals surface area contributed by atoms with Crippen molar-refractivity contribution in [2.45, 2.75) is 38.9 Å². The Bertz CT molecular complexity index is 486. The molecule has 0 bridgehead atoms. The number of amides is 1. The first-order valence-electron chi connectivity index (χ1n) is 8.60. The standard InChI is InChI=1S/C18H30N4O.ClH/c1-3-4-17(19)18(23)20-13-15-5-7-16(8-6-15)14-22-11-9-21(2)10-12-22;/h5-8,17H,3-4,9-14,19H2,1-2H3,(H,20,23);1H. The Labute approximate surface area is 152 Å². The third kappa shape index (κ3) is 6.77. The van der Waals surface area contributed by atoms with Crippen LogP contribution in [0.3, 0.4) is 0 Å². The van der Waals surface area contributed by atoms with Crippen molar-refractivity contribution in [1.82, 2.24) is 15.1 Å². The fourth-order valence-corrected chi connectivity index (χ4v) is 2.79. The number of nitrogens with zero attached hydrogens (tertiary/aromatic N) is 2. The molecule has 24 heavy (non-hydrogen) atoms. The topological polar surface area (TPSA) is 61.6 Å².